The van der Waals surface area contributed by atoms with Crippen LogP contribution in [-0.2, 0) is 10.0 Å². The summed E-state index contributed by atoms with van der Waals surface area (Å²) >= 11 is 0. The fourth-order valence-electron chi connectivity index (χ4n) is 4.09. The third-order valence-corrected chi connectivity index (χ3v) is 7.76. The summed E-state index contributed by atoms with van der Waals surface area (Å²) in [5, 5.41) is 0.872. The van der Waals surface area contributed by atoms with Crippen LogP contribution in [0.3, 0.4) is 0 Å². The highest BCUT2D eigenvalue weighted by molar-refractivity contribution is 7.89. The number of nitrogens with zero attached hydrogens (tertiary/aromatic N) is 2. The summed E-state index contributed by atoms with van der Waals surface area (Å²) in [5.74, 6) is -2.32. The van der Waals surface area contributed by atoms with Crippen LogP contribution in [0.2, 0.25) is 0 Å². The number of piperazine rings is 1. The van der Waals surface area contributed by atoms with Crippen molar-refractivity contribution < 1.29 is 22.0 Å². The first kappa shape index (κ1) is 21.6. The van der Waals surface area contributed by atoms with E-state index in [1.54, 1.807) is 0 Å². The summed E-state index contributed by atoms with van der Waals surface area (Å²) < 4.78 is 53.5. The van der Waals surface area contributed by atoms with Gasteiger partial charge in [0.25, 0.3) is 0 Å². The van der Waals surface area contributed by atoms with Crippen LogP contribution < -0.4 is 0 Å². The quantitative estimate of drug-likeness (QED) is 0.609. The maximum absolute atomic E-state index is 13.5. The number of rotatable bonds is 5. The summed E-state index contributed by atoms with van der Waals surface area (Å²) in [6.07, 6.45) is 0. The van der Waals surface area contributed by atoms with E-state index in [0.717, 1.165) is 28.7 Å². The highest BCUT2D eigenvalue weighted by Gasteiger charge is 2.33. The first-order valence-electron chi connectivity index (χ1n) is 10.0. The van der Waals surface area contributed by atoms with Crippen molar-refractivity contribution in [3.63, 3.8) is 0 Å². The molecular formula is C22H23F2N3O3S. The largest absolute Gasteiger partial charge is 0.358 e. The van der Waals surface area contributed by atoms with Gasteiger partial charge in [0.15, 0.2) is 17.4 Å². The van der Waals surface area contributed by atoms with E-state index in [-0.39, 0.29) is 23.8 Å². The van der Waals surface area contributed by atoms with E-state index in [4.69, 9.17) is 0 Å². The van der Waals surface area contributed by atoms with Crippen LogP contribution in [0.15, 0.2) is 47.4 Å². The first-order chi connectivity index (χ1) is 14.7. The number of hydrogen-bond donors (Lipinski definition) is 1. The number of ketones is 1. The molecule has 2 aromatic carbocycles. The van der Waals surface area contributed by atoms with Gasteiger partial charge < -0.3 is 4.98 Å². The average molecular weight is 448 g/mol. The Bertz CT molecular complexity index is 1250. The molecular weight excluding hydrogens is 424 g/mol. The lowest BCUT2D eigenvalue weighted by Crippen LogP contribution is -2.53. The van der Waals surface area contributed by atoms with Crippen molar-refractivity contribution in [3.05, 3.63) is 65.4 Å². The van der Waals surface area contributed by atoms with Crippen molar-refractivity contribution in [1.82, 2.24) is 14.2 Å². The van der Waals surface area contributed by atoms with Gasteiger partial charge in [0.2, 0.25) is 10.0 Å². The lowest BCUT2D eigenvalue weighted by atomic mass is 10.0. The molecule has 0 saturated carbocycles. The number of aromatic amines is 1. The van der Waals surface area contributed by atoms with Gasteiger partial charge in [-0.2, -0.15) is 4.31 Å². The Kier molecular flexibility index (Phi) is 5.67. The van der Waals surface area contributed by atoms with Gasteiger partial charge in [-0.25, -0.2) is 17.2 Å². The number of fused-ring (bicyclic) bond motifs is 1. The number of para-hydroxylation sites is 1. The highest BCUT2D eigenvalue weighted by Crippen LogP contribution is 2.25. The van der Waals surface area contributed by atoms with Crippen molar-refractivity contribution in [2.75, 3.05) is 26.2 Å². The zero-order chi connectivity index (χ0) is 22.3. The zero-order valence-corrected chi connectivity index (χ0v) is 18.0. The minimum absolute atomic E-state index is 0.0214. The fourth-order valence-corrected chi connectivity index (χ4v) is 5.52. The molecule has 31 heavy (non-hydrogen) atoms. The molecule has 9 heteroatoms. The van der Waals surface area contributed by atoms with E-state index in [0.29, 0.717) is 24.7 Å². The van der Waals surface area contributed by atoms with Crippen LogP contribution in [-0.4, -0.2) is 60.6 Å². The van der Waals surface area contributed by atoms with Gasteiger partial charge in [-0.15, -0.1) is 0 Å². The van der Waals surface area contributed by atoms with Gasteiger partial charge in [0.1, 0.15) is 0 Å². The van der Waals surface area contributed by atoms with E-state index in [1.807, 2.05) is 43.0 Å². The molecule has 3 aromatic rings. The second kappa shape index (κ2) is 8.14. The molecule has 1 aliphatic rings. The predicted octanol–water partition coefficient (Wildman–Crippen LogP) is 3.33. The summed E-state index contributed by atoms with van der Waals surface area (Å²) in [5.41, 5.74) is 2.36. The smallest absolute Gasteiger partial charge is 0.243 e. The molecule has 164 valence electrons. The van der Waals surface area contributed by atoms with Gasteiger partial charge in [0, 0.05) is 48.3 Å². The van der Waals surface area contributed by atoms with Crippen molar-refractivity contribution in [2.45, 2.75) is 24.8 Å². The number of halogens is 2. The van der Waals surface area contributed by atoms with Crippen LogP contribution in [0.25, 0.3) is 10.9 Å². The monoisotopic (exact) mass is 447 g/mol. The Morgan fingerprint density at radius 3 is 2.39 bits per heavy atom. The Labute approximate surface area is 179 Å². The topological polar surface area (TPSA) is 73.5 Å². The van der Waals surface area contributed by atoms with Gasteiger partial charge >= 0.3 is 0 Å². The molecule has 0 unspecified atom stereocenters. The normalized spacial score (nSPS) is 17.2. The highest BCUT2D eigenvalue weighted by atomic mass is 32.2. The number of Topliss-reactive ketones (excluding diaryl/α,β-unsaturated/α-hetero) is 1. The van der Waals surface area contributed by atoms with E-state index < -0.39 is 27.7 Å². The molecule has 1 N–H and O–H groups in total. The van der Waals surface area contributed by atoms with E-state index in [9.17, 15) is 22.0 Å². The maximum atomic E-state index is 13.5. The summed E-state index contributed by atoms with van der Waals surface area (Å²) in [4.78, 5) is 18.1. The number of carbonyl (C=O) groups is 1. The number of sulfonamides is 1. The average Bonchev–Trinajstić information content (AvgIpc) is 3.10. The van der Waals surface area contributed by atoms with Gasteiger partial charge in [-0.3, -0.25) is 9.69 Å². The molecule has 6 nitrogen and oxygen atoms in total. The van der Waals surface area contributed by atoms with Crippen LogP contribution in [0.5, 0.6) is 0 Å². The van der Waals surface area contributed by atoms with Crippen molar-refractivity contribution in [2.24, 2.45) is 0 Å². The molecule has 0 aliphatic carbocycles. The Morgan fingerprint density at radius 1 is 1.03 bits per heavy atom. The molecule has 1 atom stereocenters. The fraction of sp³-hybridized carbons (Fsp3) is 0.318. The Hall–Kier alpha value is -2.62. The number of aryl methyl sites for hydroxylation is 1. The Morgan fingerprint density at radius 2 is 1.71 bits per heavy atom. The van der Waals surface area contributed by atoms with E-state index >= 15 is 0 Å². The second-order valence-electron chi connectivity index (χ2n) is 7.73. The number of hydrogen-bond acceptors (Lipinski definition) is 4. The number of benzene rings is 2. The molecule has 0 radical (unpaired) electrons. The van der Waals surface area contributed by atoms with Crippen molar-refractivity contribution in [3.8, 4) is 0 Å². The molecule has 1 aromatic heterocycles. The molecule has 4 rings (SSSR count). The SMILES string of the molecule is Cc1[nH]c2ccccc2c1C(=O)[C@@H](C)N1CCN(S(=O)(=O)c2ccc(F)c(F)c2)CC1. The minimum Gasteiger partial charge on any atom is -0.358 e. The third-order valence-electron chi connectivity index (χ3n) is 5.87. The number of aromatic nitrogens is 1. The molecule has 1 fully saturated rings. The second-order valence-corrected chi connectivity index (χ2v) is 9.66. The Balaban J connectivity index is 1.48. The molecule has 0 spiro atoms. The van der Waals surface area contributed by atoms with Crippen LogP contribution in [0, 0.1) is 18.6 Å². The maximum Gasteiger partial charge on any atom is 0.243 e. The van der Waals surface area contributed by atoms with Crippen LogP contribution in [0.1, 0.15) is 23.0 Å². The van der Waals surface area contributed by atoms with E-state index in [1.165, 1.54) is 4.31 Å². The molecule has 2 heterocycles. The molecule has 1 saturated heterocycles. The molecule has 0 bridgehead atoms. The van der Waals surface area contributed by atoms with Gasteiger partial charge in [-0.05, 0) is 38.1 Å². The van der Waals surface area contributed by atoms with E-state index in [2.05, 4.69) is 4.98 Å². The minimum atomic E-state index is -3.94. The molecule has 1 aliphatic heterocycles. The van der Waals surface area contributed by atoms with Crippen LogP contribution >= 0.6 is 0 Å². The van der Waals surface area contributed by atoms with Crippen LogP contribution in [0.4, 0.5) is 8.78 Å². The summed E-state index contributed by atoms with van der Waals surface area (Å²) in [6, 6.07) is 9.77. The lowest BCUT2D eigenvalue weighted by Gasteiger charge is -2.36. The van der Waals surface area contributed by atoms with Gasteiger partial charge in [-0.1, -0.05) is 18.2 Å². The first-order valence-corrected chi connectivity index (χ1v) is 11.4. The number of carbonyl (C=O) groups excluding carboxylic acids is 1. The predicted molar refractivity (Wildman–Crippen MR) is 114 cm³/mol. The summed E-state index contributed by atoms with van der Waals surface area (Å²) in [7, 11) is -3.94. The lowest BCUT2D eigenvalue weighted by molar-refractivity contribution is 0.0783. The zero-order valence-electron chi connectivity index (χ0n) is 17.2. The summed E-state index contributed by atoms with van der Waals surface area (Å²) in [6.45, 7) is 4.72. The number of nitrogens with one attached hydrogen (secondary N) is 1. The van der Waals surface area contributed by atoms with Gasteiger partial charge in [0.05, 0.1) is 10.9 Å². The molecule has 0 amide bonds. The number of H-pyrrole nitrogens is 1. The third kappa shape index (κ3) is 3.88. The standard InChI is InChI=1S/C22H23F2N3O3S/c1-14-21(17-5-3-4-6-20(17)25-14)22(28)15(2)26-9-11-27(12-10-26)31(29,30)16-7-8-18(23)19(24)13-16/h3-8,13,15,25H,9-12H2,1-2H3/t15-/m1/s1. The van der Waals surface area contributed by atoms with Crippen molar-refractivity contribution in [1.29, 1.82) is 0 Å². The van der Waals surface area contributed by atoms with Crippen molar-refractivity contribution >= 4 is 26.7 Å².